The van der Waals surface area contributed by atoms with Crippen LogP contribution in [-0.2, 0) is 10.9 Å². The van der Waals surface area contributed by atoms with Gasteiger partial charge >= 0.3 is 6.18 Å². The van der Waals surface area contributed by atoms with Crippen molar-refractivity contribution in [2.45, 2.75) is 24.6 Å². The minimum Gasteiger partial charge on any atom is -0.394 e. The molecular weight excluding hydrogens is 289 g/mol. The molecule has 21 heavy (non-hydrogen) atoms. The minimum atomic E-state index is -4.56. The smallest absolute Gasteiger partial charge is 0.394 e. The van der Waals surface area contributed by atoms with Crippen LogP contribution in [0.15, 0.2) is 6.07 Å². The summed E-state index contributed by atoms with van der Waals surface area (Å²) in [5.41, 5.74) is -1.76. The number of halogens is 3. The molecule has 1 aliphatic heterocycles. The summed E-state index contributed by atoms with van der Waals surface area (Å²) in [7, 11) is 1.44. The molecule has 0 aliphatic carbocycles. The van der Waals surface area contributed by atoms with Crippen molar-refractivity contribution in [3.8, 4) is 0 Å². The van der Waals surface area contributed by atoms with Crippen molar-refractivity contribution >= 4 is 11.8 Å². The lowest BCUT2D eigenvalue weighted by Gasteiger charge is -2.36. The molecule has 2 heterocycles. The van der Waals surface area contributed by atoms with E-state index in [-0.39, 0.29) is 18.4 Å². The number of ether oxygens (including phenoxy) is 1. The van der Waals surface area contributed by atoms with Crippen molar-refractivity contribution < 1.29 is 23.0 Å². The van der Waals surface area contributed by atoms with Crippen LogP contribution in [0.2, 0.25) is 0 Å². The Labute approximate surface area is 119 Å². The lowest BCUT2D eigenvalue weighted by molar-refractivity contribution is -0.141. The monoisotopic (exact) mass is 306 g/mol. The molecule has 1 aromatic rings. The molecule has 1 saturated heterocycles. The Morgan fingerprint density at radius 2 is 2.00 bits per heavy atom. The Kier molecular flexibility index (Phi) is 4.52. The molecule has 9 heteroatoms. The van der Waals surface area contributed by atoms with Crippen molar-refractivity contribution in [1.82, 2.24) is 9.97 Å². The molecule has 0 bridgehead atoms. The lowest BCUT2D eigenvalue weighted by Crippen LogP contribution is -2.47. The van der Waals surface area contributed by atoms with Crippen LogP contribution in [-0.4, -0.2) is 47.5 Å². The molecule has 0 saturated carbocycles. The predicted octanol–water partition coefficient (Wildman–Crippen LogP) is 1.49. The third-order valence-electron chi connectivity index (χ3n) is 3.39. The number of hydrogen-bond donors (Lipinski definition) is 3. The third-order valence-corrected chi connectivity index (χ3v) is 3.39. The first kappa shape index (κ1) is 15.8. The average Bonchev–Trinajstić information content (AvgIpc) is 2.47. The van der Waals surface area contributed by atoms with Crippen molar-refractivity contribution in [3.05, 3.63) is 11.8 Å². The lowest BCUT2D eigenvalue weighted by atomic mass is 9.91. The Balaban J connectivity index is 2.30. The molecule has 0 amide bonds. The van der Waals surface area contributed by atoms with Crippen LogP contribution < -0.4 is 10.6 Å². The molecule has 0 aromatic carbocycles. The molecule has 1 aromatic heterocycles. The topological polar surface area (TPSA) is 79.3 Å². The van der Waals surface area contributed by atoms with Gasteiger partial charge in [-0.1, -0.05) is 0 Å². The van der Waals surface area contributed by atoms with Crippen LogP contribution in [0.25, 0.3) is 0 Å². The molecule has 0 atom stereocenters. The highest BCUT2D eigenvalue weighted by atomic mass is 19.4. The van der Waals surface area contributed by atoms with Gasteiger partial charge in [0.25, 0.3) is 0 Å². The van der Waals surface area contributed by atoms with Gasteiger partial charge in [0.2, 0.25) is 5.95 Å². The molecule has 118 valence electrons. The van der Waals surface area contributed by atoms with Crippen molar-refractivity contribution in [2.75, 3.05) is 37.5 Å². The molecule has 3 N–H and O–H groups in total. The zero-order valence-corrected chi connectivity index (χ0v) is 11.5. The fourth-order valence-corrected chi connectivity index (χ4v) is 2.12. The van der Waals surface area contributed by atoms with Crippen LogP contribution >= 0.6 is 0 Å². The zero-order valence-electron chi connectivity index (χ0n) is 11.5. The van der Waals surface area contributed by atoms with Crippen LogP contribution in [0.4, 0.5) is 24.9 Å². The zero-order chi connectivity index (χ0) is 15.5. The highest BCUT2D eigenvalue weighted by Crippen LogP contribution is 2.31. The first-order valence-corrected chi connectivity index (χ1v) is 6.49. The van der Waals surface area contributed by atoms with Gasteiger partial charge in [0.05, 0.1) is 12.1 Å². The highest BCUT2D eigenvalue weighted by Gasteiger charge is 2.36. The minimum absolute atomic E-state index is 0.0256. The number of anilines is 2. The number of aromatic nitrogens is 2. The number of alkyl halides is 3. The highest BCUT2D eigenvalue weighted by molar-refractivity contribution is 5.45. The number of nitrogens with one attached hydrogen (secondary N) is 2. The summed E-state index contributed by atoms with van der Waals surface area (Å²) in [6, 6.07) is 0.841. The van der Waals surface area contributed by atoms with E-state index >= 15 is 0 Å². The summed E-state index contributed by atoms with van der Waals surface area (Å²) < 4.78 is 43.7. The third kappa shape index (κ3) is 3.73. The van der Waals surface area contributed by atoms with Gasteiger partial charge in [0.15, 0.2) is 5.69 Å². The van der Waals surface area contributed by atoms with E-state index in [2.05, 4.69) is 20.6 Å². The van der Waals surface area contributed by atoms with Crippen molar-refractivity contribution in [3.63, 3.8) is 0 Å². The summed E-state index contributed by atoms with van der Waals surface area (Å²) in [5.74, 6) is -0.106. The van der Waals surface area contributed by atoms with Crippen LogP contribution in [0.1, 0.15) is 18.5 Å². The largest absolute Gasteiger partial charge is 0.433 e. The van der Waals surface area contributed by atoms with Gasteiger partial charge in [0, 0.05) is 26.3 Å². The van der Waals surface area contributed by atoms with E-state index in [1.807, 2.05) is 0 Å². The first-order chi connectivity index (χ1) is 9.88. The average molecular weight is 306 g/mol. The summed E-state index contributed by atoms with van der Waals surface area (Å²) in [5, 5.41) is 15.0. The molecule has 2 rings (SSSR count). The number of nitrogens with zero attached hydrogens (tertiary/aromatic N) is 2. The molecule has 0 spiro atoms. The molecular formula is C12H17F3N4O2. The molecule has 6 nitrogen and oxygen atoms in total. The SMILES string of the molecule is CNc1nc(NC2(CO)CCOCC2)cc(C(F)(F)F)n1. The van der Waals surface area contributed by atoms with Gasteiger partial charge in [-0.05, 0) is 12.8 Å². The second-order valence-corrected chi connectivity index (χ2v) is 4.89. The van der Waals surface area contributed by atoms with E-state index in [0.717, 1.165) is 6.07 Å². The van der Waals surface area contributed by atoms with Gasteiger partial charge in [-0.15, -0.1) is 0 Å². The maximum Gasteiger partial charge on any atom is 0.433 e. The Morgan fingerprint density at radius 1 is 1.33 bits per heavy atom. The predicted molar refractivity (Wildman–Crippen MR) is 70.1 cm³/mol. The standard InChI is InChI=1S/C12H17F3N4O2/c1-16-10-17-8(12(13,14)15)6-9(18-10)19-11(7-20)2-4-21-5-3-11/h6,20H,2-5,7H2,1H3,(H2,16,17,18,19). The summed E-state index contributed by atoms with van der Waals surface area (Å²) in [6.07, 6.45) is -3.58. The van der Waals surface area contributed by atoms with Gasteiger partial charge in [0.1, 0.15) is 5.82 Å². The van der Waals surface area contributed by atoms with E-state index < -0.39 is 17.4 Å². The Hall–Kier alpha value is -1.61. The number of aliphatic hydroxyl groups excluding tert-OH is 1. The van der Waals surface area contributed by atoms with E-state index in [1.165, 1.54) is 7.05 Å². The summed E-state index contributed by atoms with van der Waals surface area (Å²) in [4.78, 5) is 7.36. The Bertz CT molecular complexity index is 490. The van der Waals surface area contributed by atoms with Gasteiger partial charge in [-0.3, -0.25) is 0 Å². The second-order valence-electron chi connectivity index (χ2n) is 4.89. The van der Waals surface area contributed by atoms with Crippen molar-refractivity contribution in [2.24, 2.45) is 0 Å². The van der Waals surface area contributed by atoms with Crippen LogP contribution in [0.5, 0.6) is 0 Å². The number of rotatable bonds is 4. The Morgan fingerprint density at radius 3 is 2.52 bits per heavy atom. The molecule has 1 fully saturated rings. The second kappa shape index (κ2) is 6.02. The van der Waals surface area contributed by atoms with Gasteiger partial charge in [-0.2, -0.15) is 18.2 Å². The first-order valence-electron chi connectivity index (χ1n) is 6.49. The van der Waals surface area contributed by atoms with Crippen molar-refractivity contribution in [1.29, 1.82) is 0 Å². The summed E-state index contributed by atoms with van der Waals surface area (Å²) >= 11 is 0. The van der Waals surface area contributed by atoms with E-state index in [9.17, 15) is 18.3 Å². The van der Waals surface area contributed by atoms with E-state index in [0.29, 0.717) is 26.1 Å². The number of aliphatic hydroxyl groups is 1. The van der Waals surface area contributed by atoms with E-state index in [1.54, 1.807) is 0 Å². The fraction of sp³-hybridized carbons (Fsp3) is 0.667. The van der Waals surface area contributed by atoms with E-state index in [4.69, 9.17) is 4.74 Å². The molecule has 0 radical (unpaired) electrons. The van der Waals surface area contributed by atoms with Crippen LogP contribution in [0, 0.1) is 0 Å². The maximum absolute atomic E-state index is 12.8. The number of hydrogen-bond acceptors (Lipinski definition) is 6. The molecule has 1 aliphatic rings. The van der Waals surface area contributed by atoms with Gasteiger partial charge in [-0.25, -0.2) is 4.98 Å². The fourth-order valence-electron chi connectivity index (χ4n) is 2.12. The van der Waals surface area contributed by atoms with Crippen LogP contribution in [0.3, 0.4) is 0 Å². The summed E-state index contributed by atoms with van der Waals surface area (Å²) in [6.45, 7) is 0.657. The quantitative estimate of drug-likeness (QED) is 0.782. The maximum atomic E-state index is 12.8. The normalized spacial score (nSPS) is 18.3. The van der Waals surface area contributed by atoms with Gasteiger partial charge < -0.3 is 20.5 Å². The molecule has 0 unspecified atom stereocenters.